The summed E-state index contributed by atoms with van der Waals surface area (Å²) in [5.74, 6) is -0.926. The molecule has 0 aliphatic carbocycles. The molecular weight excluding hydrogens is 367 g/mol. The first-order valence-corrected chi connectivity index (χ1v) is 11.3. The van der Waals surface area contributed by atoms with E-state index < -0.39 is 15.8 Å². The van der Waals surface area contributed by atoms with E-state index in [0.717, 1.165) is 18.9 Å². The third-order valence-corrected chi connectivity index (χ3v) is 7.09. The van der Waals surface area contributed by atoms with Crippen molar-refractivity contribution in [3.05, 3.63) is 30.1 Å². The van der Waals surface area contributed by atoms with Crippen LogP contribution < -0.4 is 5.32 Å². The number of nitrogens with one attached hydrogen (secondary N) is 1. The zero-order chi connectivity index (χ0) is 19.9. The van der Waals surface area contributed by atoms with E-state index in [9.17, 15) is 17.6 Å². The summed E-state index contributed by atoms with van der Waals surface area (Å²) < 4.78 is 40.4. The zero-order valence-electron chi connectivity index (χ0n) is 16.3. The smallest absolute Gasteiger partial charge is 0.245 e. The fraction of sp³-hybridized carbons (Fsp3) is 0.650. The Kier molecular flexibility index (Phi) is 8.23. The largest absolute Gasteiger partial charge is 0.353 e. The Bertz CT molecular complexity index is 716. The lowest BCUT2D eigenvalue weighted by Gasteiger charge is -2.31. The second-order valence-electron chi connectivity index (χ2n) is 7.37. The number of amides is 1. The molecule has 1 aromatic carbocycles. The van der Waals surface area contributed by atoms with E-state index in [1.807, 2.05) is 6.92 Å². The first-order valence-electron chi connectivity index (χ1n) is 9.91. The average molecular weight is 399 g/mol. The molecule has 0 saturated carbocycles. The molecule has 1 aliphatic heterocycles. The predicted octanol–water partition coefficient (Wildman–Crippen LogP) is 3.70. The van der Waals surface area contributed by atoms with Gasteiger partial charge in [-0.2, -0.15) is 4.31 Å². The van der Waals surface area contributed by atoms with E-state index in [4.69, 9.17) is 0 Å². The Hall–Kier alpha value is -1.47. The van der Waals surface area contributed by atoms with Gasteiger partial charge in [-0.25, -0.2) is 12.8 Å². The molecule has 152 valence electrons. The Morgan fingerprint density at radius 2 is 1.89 bits per heavy atom. The van der Waals surface area contributed by atoms with Crippen LogP contribution in [0, 0.1) is 11.7 Å². The van der Waals surface area contributed by atoms with E-state index in [2.05, 4.69) is 12.2 Å². The first kappa shape index (κ1) is 21.8. The summed E-state index contributed by atoms with van der Waals surface area (Å²) in [5.41, 5.74) is 0. The summed E-state index contributed by atoms with van der Waals surface area (Å²) >= 11 is 0. The fourth-order valence-electron chi connectivity index (χ4n) is 3.46. The lowest BCUT2D eigenvalue weighted by atomic mass is 9.96. The van der Waals surface area contributed by atoms with Crippen molar-refractivity contribution in [2.24, 2.45) is 5.92 Å². The molecule has 1 aliphatic rings. The Labute approximate surface area is 162 Å². The maximum Gasteiger partial charge on any atom is 0.245 e. The molecule has 2 rings (SSSR count). The number of carbonyl (C=O) groups is 1. The van der Waals surface area contributed by atoms with Crippen LogP contribution >= 0.6 is 0 Å². The number of sulfonamides is 1. The maximum absolute atomic E-state index is 13.9. The molecule has 1 N–H and O–H groups in total. The number of hydrogen-bond donors (Lipinski definition) is 1. The van der Waals surface area contributed by atoms with Crippen LogP contribution in [0.3, 0.4) is 0 Å². The topological polar surface area (TPSA) is 66.5 Å². The SMILES string of the molecule is CCCCCCC(C)NC(=O)C1CCN(S(=O)(=O)c2ccccc2F)CC1. The molecular formula is C20H31FN2O3S. The van der Waals surface area contributed by atoms with Gasteiger partial charge in [0.1, 0.15) is 10.7 Å². The standard InChI is InChI=1S/C20H31FN2O3S/c1-3-4-5-6-9-16(2)22-20(24)17-12-14-23(15-13-17)27(25,26)19-11-8-7-10-18(19)21/h7-8,10-11,16-17H,3-6,9,12-15H2,1-2H3,(H,22,24). The quantitative estimate of drug-likeness (QED) is 0.645. The number of carbonyl (C=O) groups excluding carboxylic acids is 1. The molecule has 1 fully saturated rings. The van der Waals surface area contributed by atoms with Crippen molar-refractivity contribution in [1.82, 2.24) is 9.62 Å². The Balaban J connectivity index is 1.84. The van der Waals surface area contributed by atoms with Crippen molar-refractivity contribution in [3.63, 3.8) is 0 Å². The van der Waals surface area contributed by atoms with Crippen molar-refractivity contribution in [1.29, 1.82) is 0 Å². The summed E-state index contributed by atoms with van der Waals surface area (Å²) in [6.07, 6.45) is 6.58. The Morgan fingerprint density at radius 1 is 1.22 bits per heavy atom. The number of halogens is 1. The van der Waals surface area contributed by atoms with Crippen LogP contribution in [0.1, 0.15) is 58.8 Å². The molecule has 1 heterocycles. The molecule has 1 atom stereocenters. The van der Waals surface area contributed by atoms with Gasteiger partial charge in [0.2, 0.25) is 15.9 Å². The number of benzene rings is 1. The molecule has 0 aromatic heterocycles. The van der Waals surface area contributed by atoms with Gasteiger partial charge in [-0.05, 0) is 38.3 Å². The molecule has 27 heavy (non-hydrogen) atoms. The third kappa shape index (κ3) is 6.01. The predicted molar refractivity (Wildman–Crippen MR) is 104 cm³/mol. The highest BCUT2D eigenvalue weighted by atomic mass is 32.2. The van der Waals surface area contributed by atoms with Crippen LogP contribution in [0.4, 0.5) is 4.39 Å². The summed E-state index contributed by atoms with van der Waals surface area (Å²) in [7, 11) is -3.86. The van der Waals surface area contributed by atoms with E-state index >= 15 is 0 Å². The molecule has 7 heteroatoms. The van der Waals surface area contributed by atoms with E-state index in [0.29, 0.717) is 12.8 Å². The van der Waals surface area contributed by atoms with Gasteiger partial charge in [0, 0.05) is 25.0 Å². The van der Waals surface area contributed by atoms with Crippen molar-refractivity contribution in [2.75, 3.05) is 13.1 Å². The van der Waals surface area contributed by atoms with Crippen molar-refractivity contribution >= 4 is 15.9 Å². The minimum absolute atomic E-state index is 0.000862. The number of unbranched alkanes of at least 4 members (excludes halogenated alkanes) is 3. The molecule has 1 saturated heterocycles. The molecule has 5 nitrogen and oxygen atoms in total. The van der Waals surface area contributed by atoms with Crippen LogP contribution in [0.2, 0.25) is 0 Å². The summed E-state index contributed by atoms with van der Waals surface area (Å²) in [4.78, 5) is 12.1. The summed E-state index contributed by atoms with van der Waals surface area (Å²) in [6, 6.07) is 5.54. The molecule has 0 radical (unpaired) electrons. The summed E-state index contributed by atoms with van der Waals surface area (Å²) in [6.45, 7) is 4.66. The minimum Gasteiger partial charge on any atom is -0.353 e. The molecule has 1 amide bonds. The van der Waals surface area contributed by atoms with Gasteiger partial charge < -0.3 is 5.32 Å². The normalized spacial score (nSPS) is 17.6. The minimum atomic E-state index is -3.86. The van der Waals surface area contributed by atoms with Crippen LogP contribution in [0.15, 0.2) is 29.2 Å². The van der Waals surface area contributed by atoms with Crippen molar-refractivity contribution in [3.8, 4) is 0 Å². The van der Waals surface area contributed by atoms with Gasteiger partial charge in [-0.1, -0.05) is 44.7 Å². The summed E-state index contributed by atoms with van der Waals surface area (Å²) in [5, 5.41) is 3.05. The van der Waals surface area contributed by atoms with Gasteiger partial charge >= 0.3 is 0 Å². The highest BCUT2D eigenvalue weighted by Crippen LogP contribution is 2.25. The zero-order valence-corrected chi connectivity index (χ0v) is 17.1. The molecule has 1 aromatic rings. The number of rotatable bonds is 9. The first-order chi connectivity index (χ1) is 12.9. The van der Waals surface area contributed by atoms with E-state index in [1.165, 1.54) is 41.8 Å². The molecule has 1 unspecified atom stereocenters. The lowest BCUT2D eigenvalue weighted by Crippen LogP contribution is -2.44. The molecule has 0 spiro atoms. The number of hydrogen-bond acceptors (Lipinski definition) is 3. The van der Waals surface area contributed by atoms with Crippen LogP contribution in [0.25, 0.3) is 0 Å². The van der Waals surface area contributed by atoms with Crippen LogP contribution in [-0.2, 0) is 14.8 Å². The maximum atomic E-state index is 13.9. The van der Waals surface area contributed by atoms with E-state index in [1.54, 1.807) is 0 Å². The second-order valence-corrected chi connectivity index (χ2v) is 9.27. The highest BCUT2D eigenvalue weighted by Gasteiger charge is 2.33. The number of piperidine rings is 1. The number of nitrogens with zero attached hydrogens (tertiary/aromatic N) is 1. The van der Waals surface area contributed by atoms with Crippen LogP contribution in [-0.4, -0.2) is 37.8 Å². The fourth-order valence-corrected chi connectivity index (χ4v) is 5.00. The van der Waals surface area contributed by atoms with Crippen molar-refractivity contribution < 1.29 is 17.6 Å². The second kappa shape index (κ2) is 10.2. The van der Waals surface area contributed by atoms with Crippen LogP contribution in [0.5, 0.6) is 0 Å². The van der Waals surface area contributed by atoms with E-state index in [-0.39, 0.29) is 35.9 Å². The van der Waals surface area contributed by atoms with Gasteiger partial charge in [0.25, 0.3) is 0 Å². The Morgan fingerprint density at radius 3 is 2.52 bits per heavy atom. The monoisotopic (exact) mass is 398 g/mol. The van der Waals surface area contributed by atoms with Crippen molar-refractivity contribution in [2.45, 2.75) is 69.7 Å². The van der Waals surface area contributed by atoms with Gasteiger partial charge in [-0.15, -0.1) is 0 Å². The van der Waals surface area contributed by atoms with Gasteiger partial charge in [0.15, 0.2) is 0 Å². The molecule has 0 bridgehead atoms. The van der Waals surface area contributed by atoms with Gasteiger partial charge in [0.05, 0.1) is 0 Å². The highest BCUT2D eigenvalue weighted by molar-refractivity contribution is 7.89. The average Bonchev–Trinajstić information content (AvgIpc) is 2.65. The lowest BCUT2D eigenvalue weighted by molar-refractivity contribution is -0.126. The van der Waals surface area contributed by atoms with Gasteiger partial charge in [-0.3, -0.25) is 4.79 Å². The third-order valence-electron chi connectivity index (χ3n) is 5.16.